The number of nitro benzene ring substituents is 1. The van der Waals surface area contributed by atoms with E-state index in [1.54, 1.807) is 12.1 Å². The van der Waals surface area contributed by atoms with Gasteiger partial charge in [0.05, 0.1) is 35.2 Å². The number of imide groups is 2. The van der Waals surface area contributed by atoms with Gasteiger partial charge < -0.3 is 9.84 Å². The number of carbonyl (C=O) groups is 4. The fourth-order valence-corrected chi connectivity index (χ4v) is 8.54. The summed E-state index contributed by atoms with van der Waals surface area (Å²) < 4.78 is 19.1. The number of amides is 4. The summed E-state index contributed by atoms with van der Waals surface area (Å²) in [6, 6.07) is 14.0. The normalized spacial score (nSPS) is 29.7. The third kappa shape index (κ3) is 4.17. The summed E-state index contributed by atoms with van der Waals surface area (Å²) in [5, 5.41) is 22.4. The molecule has 14 heteroatoms. The molecule has 7 rings (SSSR count). The SMILES string of the molecule is COc1ccc(C2C3=CCC4C(=O)N(c5ccc([N+](=O)[O-])cc5)C(=O)C4C3CC3(Cl)C(=O)N(c4ccc(F)cc4)C(=O)C23Cl)c(O)c1. The van der Waals surface area contributed by atoms with Crippen LogP contribution in [0, 0.1) is 33.7 Å². The van der Waals surface area contributed by atoms with E-state index in [2.05, 4.69) is 0 Å². The molecule has 0 radical (unpaired) electrons. The lowest BCUT2D eigenvalue weighted by molar-refractivity contribution is -0.384. The number of phenolic OH excluding ortho intramolecular Hbond substituents is 1. The lowest BCUT2D eigenvalue weighted by Crippen LogP contribution is -2.60. The number of ether oxygens (including phenoxy) is 1. The number of aromatic hydroxyl groups is 1. The lowest BCUT2D eigenvalue weighted by atomic mass is 9.56. The summed E-state index contributed by atoms with van der Waals surface area (Å²) in [4.78, 5) is 64.6. The molecule has 3 aromatic carbocycles. The fraction of sp³-hybridized carbons (Fsp3) is 0.273. The maximum absolute atomic E-state index is 14.4. The highest BCUT2D eigenvalue weighted by atomic mass is 35.5. The van der Waals surface area contributed by atoms with Gasteiger partial charge in [-0.2, -0.15) is 0 Å². The summed E-state index contributed by atoms with van der Waals surface area (Å²) in [5.74, 6) is -7.54. The predicted molar refractivity (Wildman–Crippen MR) is 167 cm³/mol. The number of hydrogen-bond acceptors (Lipinski definition) is 8. The number of allylic oxidation sites excluding steroid dienone is 2. The molecule has 11 nitrogen and oxygen atoms in total. The molecule has 47 heavy (non-hydrogen) atoms. The number of anilines is 2. The number of fused-ring (bicyclic) bond motifs is 4. The standard InChI is InChI=1S/C33H24Cl2FN3O8/c1-47-20-10-11-22(25(40)14-20)27-21-12-13-23-26(29(42)37(28(23)41)17-6-8-19(9-7-17)39(45)46)24(21)15-32(34)30(43)38(31(44)33(27,32)35)18-4-2-16(36)3-5-18/h2-12,14,23-24,26-27,40H,13,15H2,1H3. The van der Waals surface area contributed by atoms with E-state index in [0.29, 0.717) is 11.3 Å². The Bertz CT molecular complexity index is 1940. The molecular formula is C33H24Cl2FN3O8. The van der Waals surface area contributed by atoms with Gasteiger partial charge in [0.15, 0.2) is 9.75 Å². The first-order chi connectivity index (χ1) is 22.3. The Morgan fingerprint density at radius 2 is 1.55 bits per heavy atom. The molecule has 2 saturated heterocycles. The van der Waals surface area contributed by atoms with Crippen LogP contribution in [0.2, 0.25) is 0 Å². The second kappa shape index (κ2) is 10.6. The number of carbonyl (C=O) groups excluding carboxylic acids is 4. The number of methoxy groups -OCH3 is 1. The van der Waals surface area contributed by atoms with Crippen molar-refractivity contribution in [3.8, 4) is 11.5 Å². The maximum atomic E-state index is 14.4. The van der Waals surface area contributed by atoms with Crippen molar-refractivity contribution in [2.75, 3.05) is 16.9 Å². The van der Waals surface area contributed by atoms with E-state index in [4.69, 9.17) is 27.9 Å². The monoisotopic (exact) mass is 679 g/mol. The Morgan fingerprint density at radius 1 is 0.915 bits per heavy atom. The zero-order chi connectivity index (χ0) is 33.6. The Balaban J connectivity index is 1.38. The minimum Gasteiger partial charge on any atom is -0.508 e. The van der Waals surface area contributed by atoms with E-state index >= 15 is 0 Å². The number of nitrogens with zero attached hydrogens (tertiary/aromatic N) is 3. The molecule has 6 atom stereocenters. The highest BCUT2D eigenvalue weighted by Gasteiger charge is 2.77. The van der Waals surface area contributed by atoms with Crippen LogP contribution >= 0.6 is 23.2 Å². The van der Waals surface area contributed by atoms with E-state index in [1.807, 2.05) is 0 Å². The number of non-ortho nitro benzene ring substituents is 1. The molecule has 2 heterocycles. The number of alkyl halides is 2. The van der Waals surface area contributed by atoms with Crippen LogP contribution in [-0.2, 0) is 19.2 Å². The summed E-state index contributed by atoms with van der Waals surface area (Å²) in [7, 11) is 1.40. The molecular weight excluding hydrogens is 656 g/mol. The molecule has 2 aliphatic carbocycles. The molecule has 240 valence electrons. The van der Waals surface area contributed by atoms with Gasteiger partial charge in [0.25, 0.3) is 17.5 Å². The Morgan fingerprint density at radius 3 is 2.17 bits per heavy atom. The summed E-state index contributed by atoms with van der Waals surface area (Å²) in [6.45, 7) is 0. The summed E-state index contributed by atoms with van der Waals surface area (Å²) in [6.07, 6.45) is 1.47. The van der Waals surface area contributed by atoms with Crippen molar-refractivity contribution >= 4 is 63.9 Å². The minimum absolute atomic E-state index is 0.0276. The average Bonchev–Trinajstić information content (AvgIpc) is 3.39. The Labute approximate surface area is 276 Å². The second-order valence-corrected chi connectivity index (χ2v) is 13.2. The quantitative estimate of drug-likeness (QED) is 0.127. The molecule has 0 aromatic heterocycles. The van der Waals surface area contributed by atoms with Crippen molar-refractivity contribution in [3.63, 3.8) is 0 Å². The van der Waals surface area contributed by atoms with Gasteiger partial charge in [0.2, 0.25) is 11.8 Å². The van der Waals surface area contributed by atoms with Gasteiger partial charge in [-0.25, -0.2) is 9.29 Å². The first kappa shape index (κ1) is 30.8. The Kier molecular flexibility index (Phi) is 6.96. The van der Waals surface area contributed by atoms with Crippen LogP contribution in [0.15, 0.2) is 78.4 Å². The van der Waals surface area contributed by atoms with Crippen molar-refractivity contribution in [2.24, 2.45) is 17.8 Å². The van der Waals surface area contributed by atoms with Crippen LogP contribution in [0.3, 0.4) is 0 Å². The molecule has 1 saturated carbocycles. The second-order valence-electron chi connectivity index (χ2n) is 12.0. The van der Waals surface area contributed by atoms with Gasteiger partial charge in [-0.1, -0.05) is 17.7 Å². The highest BCUT2D eigenvalue weighted by Crippen LogP contribution is 2.66. The number of hydrogen-bond donors (Lipinski definition) is 1. The zero-order valence-electron chi connectivity index (χ0n) is 24.4. The molecule has 3 fully saturated rings. The van der Waals surface area contributed by atoms with Crippen LogP contribution in [0.4, 0.5) is 21.5 Å². The number of halogens is 3. The highest BCUT2D eigenvalue weighted by molar-refractivity contribution is 6.58. The largest absolute Gasteiger partial charge is 0.508 e. The van der Waals surface area contributed by atoms with E-state index in [1.165, 1.54) is 55.6 Å². The van der Waals surface area contributed by atoms with E-state index < -0.39 is 67.8 Å². The molecule has 0 spiro atoms. The van der Waals surface area contributed by atoms with E-state index in [9.17, 15) is 38.8 Å². The number of nitro groups is 1. The van der Waals surface area contributed by atoms with Crippen LogP contribution in [-0.4, -0.2) is 50.5 Å². The molecule has 6 unspecified atom stereocenters. The third-order valence-corrected chi connectivity index (χ3v) is 11.2. The number of rotatable bonds is 5. The molecule has 0 bridgehead atoms. The van der Waals surface area contributed by atoms with Crippen LogP contribution < -0.4 is 14.5 Å². The van der Waals surface area contributed by atoms with Crippen molar-refractivity contribution in [3.05, 3.63) is 99.9 Å². The van der Waals surface area contributed by atoms with Crippen LogP contribution in [0.5, 0.6) is 11.5 Å². The van der Waals surface area contributed by atoms with Crippen molar-refractivity contribution < 1.29 is 38.3 Å². The first-order valence-corrected chi connectivity index (χ1v) is 15.3. The van der Waals surface area contributed by atoms with Gasteiger partial charge >= 0.3 is 0 Å². The smallest absolute Gasteiger partial charge is 0.269 e. The maximum Gasteiger partial charge on any atom is 0.269 e. The van der Waals surface area contributed by atoms with Gasteiger partial charge in [-0.05, 0) is 61.2 Å². The predicted octanol–water partition coefficient (Wildman–Crippen LogP) is 5.22. The van der Waals surface area contributed by atoms with Gasteiger partial charge in [-0.15, -0.1) is 23.2 Å². The molecule has 1 N–H and O–H groups in total. The van der Waals surface area contributed by atoms with Gasteiger partial charge in [-0.3, -0.25) is 34.2 Å². The summed E-state index contributed by atoms with van der Waals surface area (Å²) >= 11 is 14.6. The van der Waals surface area contributed by atoms with Gasteiger partial charge in [0, 0.05) is 29.7 Å². The average molecular weight is 680 g/mol. The van der Waals surface area contributed by atoms with Gasteiger partial charge in [0.1, 0.15) is 17.3 Å². The summed E-state index contributed by atoms with van der Waals surface area (Å²) in [5.41, 5.74) is 0.544. The van der Waals surface area contributed by atoms with Crippen molar-refractivity contribution in [1.29, 1.82) is 0 Å². The number of benzene rings is 3. The van der Waals surface area contributed by atoms with Crippen molar-refractivity contribution in [1.82, 2.24) is 0 Å². The first-order valence-electron chi connectivity index (χ1n) is 14.5. The van der Waals surface area contributed by atoms with Crippen LogP contribution in [0.1, 0.15) is 24.3 Å². The number of phenols is 1. The van der Waals surface area contributed by atoms with Crippen molar-refractivity contribution in [2.45, 2.75) is 28.5 Å². The topological polar surface area (TPSA) is 147 Å². The molecule has 4 amide bonds. The van der Waals surface area contributed by atoms with Crippen LogP contribution in [0.25, 0.3) is 0 Å². The lowest BCUT2D eigenvalue weighted by Gasteiger charge is -2.50. The zero-order valence-corrected chi connectivity index (χ0v) is 25.9. The third-order valence-electron chi connectivity index (χ3n) is 9.76. The minimum atomic E-state index is -2.22. The Hall–Kier alpha value is -4.81. The molecule has 2 aliphatic heterocycles. The molecule has 4 aliphatic rings. The molecule has 3 aromatic rings. The van der Waals surface area contributed by atoms with E-state index in [-0.39, 0.29) is 41.2 Å². The fourth-order valence-electron chi connectivity index (χ4n) is 7.62. The van der Waals surface area contributed by atoms with E-state index in [0.717, 1.165) is 21.9 Å².